The monoisotopic (exact) mass is 631 g/mol. The van der Waals surface area contributed by atoms with E-state index in [0.717, 1.165) is 87.1 Å². The van der Waals surface area contributed by atoms with E-state index in [0.29, 0.717) is 11.5 Å². The maximum Gasteiger partial charge on any atom is 0.345 e. The fourth-order valence-corrected chi connectivity index (χ4v) is 7.44. The van der Waals surface area contributed by atoms with Crippen LogP contribution in [0.25, 0.3) is 54.8 Å². The normalized spacial score (nSPS) is 13.3. The first-order valence-electron chi connectivity index (χ1n) is 15.3. The first kappa shape index (κ1) is 29.6. The first-order valence-corrected chi connectivity index (χ1v) is 16.1. The van der Waals surface area contributed by atoms with Crippen LogP contribution in [-0.4, -0.2) is 58.7 Å². The number of methoxy groups -OCH3 is 2. The highest BCUT2D eigenvalue weighted by atomic mass is 32.1. The number of carboxylic acids is 1. The summed E-state index contributed by atoms with van der Waals surface area (Å²) in [6.45, 7) is 1.62. The number of carbonyl (C=O) groups excluding carboxylic acids is 1. The van der Waals surface area contributed by atoms with E-state index in [9.17, 15) is 14.7 Å². The number of piperidine rings is 1. The maximum atomic E-state index is 13.7. The average molecular weight is 632 g/mol. The van der Waals surface area contributed by atoms with Gasteiger partial charge in [0.25, 0.3) is 0 Å². The second-order valence-corrected chi connectivity index (χ2v) is 12.5. The standard InChI is InChI=1S/C37H33N3O5S/c1-44-30-16-13-25(20-31(30)45-2)28-14-11-24-19-26(12-15-27(24)38-28)35-34(23-9-5-3-6-10-23)36-29(21-32(46-36)37(42)43)40(35)22-33(41)39-17-7-4-8-18-39/h3,5-6,9-16,19-21H,4,7-8,17-18,22H2,1-2H3,(H,42,43). The second-order valence-electron chi connectivity index (χ2n) is 11.4. The van der Waals surface area contributed by atoms with Crippen molar-refractivity contribution >= 4 is 44.3 Å². The lowest BCUT2D eigenvalue weighted by molar-refractivity contribution is -0.132. The van der Waals surface area contributed by atoms with Crippen LogP contribution in [0.5, 0.6) is 11.5 Å². The summed E-state index contributed by atoms with van der Waals surface area (Å²) >= 11 is 1.25. The Labute approximate surface area is 270 Å². The fourth-order valence-electron chi connectivity index (χ4n) is 6.37. The third-order valence-electron chi connectivity index (χ3n) is 8.65. The molecule has 0 unspecified atom stereocenters. The summed E-state index contributed by atoms with van der Waals surface area (Å²) < 4.78 is 13.8. The van der Waals surface area contributed by atoms with E-state index in [-0.39, 0.29) is 17.3 Å². The first-order chi connectivity index (χ1) is 22.4. The number of pyridine rings is 1. The van der Waals surface area contributed by atoms with Gasteiger partial charge in [-0.25, -0.2) is 9.78 Å². The van der Waals surface area contributed by atoms with Crippen molar-refractivity contribution in [2.75, 3.05) is 27.3 Å². The average Bonchev–Trinajstić information content (AvgIpc) is 3.66. The Kier molecular flexibility index (Phi) is 7.92. The number of hydrogen-bond acceptors (Lipinski definition) is 6. The molecule has 0 atom stereocenters. The van der Waals surface area contributed by atoms with Crippen LogP contribution in [0, 0.1) is 0 Å². The van der Waals surface area contributed by atoms with Crippen molar-refractivity contribution in [3.8, 4) is 45.1 Å². The van der Waals surface area contributed by atoms with E-state index >= 15 is 0 Å². The Hall–Kier alpha value is -5.15. The van der Waals surface area contributed by atoms with Crippen molar-refractivity contribution in [3.63, 3.8) is 0 Å². The van der Waals surface area contributed by atoms with Gasteiger partial charge in [-0.05, 0) is 72.9 Å². The molecule has 3 aromatic carbocycles. The summed E-state index contributed by atoms with van der Waals surface area (Å²) in [5.74, 6) is 0.361. The Morgan fingerprint density at radius 3 is 2.33 bits per heavy atom. The largest absolute Gasteiger partial charge is 0.493 e. The topological polar surface area (TPSA) is 93.9 Å². The van der Waals surface area contributed by atoms with Crippen LogP contribution in [-0.2, 0) is 11.3 Å². The minimum Gasteiger partial charge on any atom is -0.493 e. The minimum atomic E-state index is -0.974. The Balaban J connectivity index is 1.38. The lowest BCUT2D eigenvalue weighted by atomic mass is 9.99. The predicted molar refractivity (Wildman–Crippen MR) is 182 cm³/mol. The van der Waals surface area contributed by atoms with E-state index in [1.165, 1.54) is 11.3 Å². The number of ether oxygens (including phenoxy) is 2. The number of aromatic nitrogens is 2. The van der Waals surface area contributed by atoms with Crippen molar-refractivity contribution < 1.29 is 24.2 Å². The number of carboxylic acid groups (broad SMARTS) is 1. The van der Waals surface area contributed by atoms with Gasteiger partial charge in [0.15, 0.2) is 11.5 Å². The number of benzene rings is 3. The Morgan fingerprint density at radius 2 is 1.59 bits per heavy atom. The van der Waals surface area contributed by atoms with Gasteiger partial charge in [0.2, 0.25) is 5.91 Å². The molecule has 6 aromatic rings. The summed E-state index contributed by atoms with van der Waals surface area (Å²) in [6.07, 6.45) is 3.13. The number of carbonyl (C=O) groups is 2. The molecule has 8 nitrogen and oxygen atoms in total. The van der Waals surface area contributed by atoms with Gasteiger partial charge in [0.05, 0.1) is 41.3 Å². The second kappa shape index (κ2) is 12.3. The molecular formula is C37H33N3O5S. The molecule has 1 aliphatic rings. The smallest absolute Gasteiger partial charge is 0.345 e. The molecule has 0 bridgehead atoms. The van der Waals surface area contributed by atoms with Crippen LogP contribution in [0.2, 0.25) is 0 Å². The van der Waals surface area contributed by atoms with Gasteiger partial charge in [0, 0.05) is 29.6 Å². The highest BCUT2D eigenvalue weighted by Gasteiger charge is 2.27. The number of nitrogens with zero attached hydrogens (tertiary/aromatic N) is 3. The molecule has 7 rings (SSSR count). The van der Waals surface area contributed by atoms with Gasteiger partial charge in [-0.2, -0.15) is 0 Å². The molecule has 0 aliphatic carbocycles. The van der Waals surface area contributed by atoms with E-state index in [2.05, 4.69) is 12.1 Å². The number of aromatic carboxylic acids is 1. The molecule has 46 heavy (non-hydrogen) atoms. The molecule has 1 saturated heterocycles. The summed E-state index contributed by atoms with van der Waals surface area (Å²) in [5, 5.41) is 10.9. The molecule has 0 spiro atoms. The molecule has 4 heterocycles. The Bertz CT molecular complexity index is 2090. The van der Waals surface area contributed by atoms with Gasteiger partial charge >= 0.3 is 5.97 Å². The lowest BCUT2D eigenvalue weighted by Crippen LogP contribution is -2.37. The van der Waals surface area contributed by atoms with Crippen LogP contribution in [0.1, 0.15) is 28.9 Å². The Morgan fingerprint density at radius 1 is 0.826 bits per heavy atom. The third kappa shape index (κ3) is 5.37. The quantitative estimate of drug-likeness (QED) is 0.183. The molecule has 232 valence electrons. The number of thiophene rings is 1. The predicted octanol–water partition coefficient (Wildman–Crippen LogP) is 7.98. The summed E-state index contributed by atoms with van der Waals surface area (Å²) in [4.78, 5) is 33.0. The molecule has 1 amide bonds. The number of amides is 1. The van der Waals surface area contributed by atoms with Crippen LogP contribution in [0.3, 0.4) is 0 Å². The van der Waals surface area contributed by atoms with Gasteiger partial charge in [-0.1, -0.05) is 42.5 Å². The van der Waals surface area contributed by atoms with Crippen LogP contribution in [0.4, 0.5) is 0 Å². The van der Waals surface area contributed by atoms with E-state index in [4.69, 9.17) is 14.5 Å². The summed E-state index contributed by atoms with van der Waals surface area (Å²) in [5.41, 5.74) is 7.01. The van der Waals surface area contributed by atoms with Crippen LogP contribution < -0.4 is 9.47 Å². The molecule has 0 saturated carbocycles. The minimum absolute atomic E-state index is 0.0440. The fraction of sp³-hybridized carbons (Fsp3) is 0.216. The van der Waals surface area contributed by atoms with Crippen molar-refractivity contribution in [1.29, 1.82) is 0 Å². The third-order valence-corrected chi connectivity index (χ3v) is 9.78. The molecule has 0 radical (unpaired) electrons. The van der Waals surface area contributed by atoms with Crippen LogP contribution in [0.15, 0.2) is 84.9 Å². The van der Waals surface area contributed by atoms with Crippen molar-refractivity contribution in [3.05, 3.63) is 89.8 Å². The SMILES string of the molecule is COc1ccc(-c2ccc3cc(-c4c(-c5ccccc5)c5sc(C(=O)O)cc5n4CC(=O)N4CCCCC4)ccc3n2)cc1OC. The maximum absolute atomic E-state index is 13.7. The lowest BCUT2D eigenvalue weighted by Gasteiger charge is -2.27. The van der Waals surface area contributed by atoms with E-state index in [1.54, 1.807) is 20.3 Å². The molecule has 3 aromatic heterocycles. The molecule has 1 fully saturated rings. The molecular weight excluding hydrogens is 598 g/mol. The summed E-state index contributed by atoms with van der Waals surface area (Å²) in [6, 6.07) is 27.6. The number of hydrogen-bond donors (Lipinski definition) is 1. The summed E-state index contributed by atoms with van der Waals surface area (Å²) in [7, 11) is 3.23. The molecule has 1 aliphatic heterocycles. The zero-order valence-electron chi connectivity index (χ0n) is 25.7. The zero-order valence-corrected chi connectivity index (χ0v) is 26.5. The molecule has 1 N–H and O–H groups in total. The van der Waals surface area contributed by atoms with Gasteiger partial charge in [-0.15, -0.1) is 11.3 Å². The van der Waals surface area contributed by atoms with Crippen molar-refractivity contribution in [2.45, 2.75) is 25.8 Å². The van der Waals surface area contributed by atoms with Crippen LogP contribution >= 0.6 is 11.3 Å². The molecule has 9 heteroatoms. The highest BCUT2D eigenvalue weighted by Crippen LogP contribution is 2.45. The number of likely N-dealkylation sites (tertiary alicyclic amines) is 1. The van der Waals surface area contributed by atoms with E-state index < -0.39 is 5.97 Å². The van der Waals surface area contributed by atoms with Gasteiger partial charge in [0.1, 0.15) is 11.4 Å². The van der Waals surface area contributed by atoms with E-state index in [1.807, 2.05) is 76.2 Å². The zero-order chi connectivity index (χ0) is 31.8. The van der Waals surface area contributed by atoms with Crippen molar-refractivity contribution in [1.82, 2.24) is 14.5 Å². The number of rotatable bonds is 8. The van der Waals surface area contributed by atoms with Crippen molar-refractivity contribution in [2.24, 2.45) is 0 Å². The highest BCUT2D eigenvalue weighted by molar-refractivity contribution is 7.21. The van der Waals surface area contributed by atoms with Gasteiger partial charge < -0.3 is 24.0 Å². The van der Waals surface area contributed by atoms with Gasteiger partial charge in [-0.3, -0.25) is 4.79 Å². The number of fused-ring (bicyclic) bond motifs is 2.